The predicted molar refractivity (Wildman–Crippen MR) is 64.8 cm³/mol. The third-order valence-electron chi connectivity index (χ3n) is 4.00. The molecule has 88 valence electrons. The van der Waals surface area contributed by atoms with Gasteiger partial charge in [0.2, 0.25) is 0 Å². The van der Waals surface area contributed by atoms with Gasteiger partial charge in [-0.05, 0) is 44.4 Å². The van der Waals surface area contributed by atoms with Gasteiger partial charge in [0.25, 0.3) is 0 Å². The van der Waals surface area contributed by atoms with Gasteiger partial charge in [0.05, 0.1) is 0 Å². The monoisotopic (exact) mass is 212 g/mol. The first kappa shape index (κ1) is 12.7. The van der Waals surface area contributed by atoms with E-state index in [9.17, 15) is 4.39 Å². The van der Waals surface area contributed by atoms with E-state index in [0.29, 0.717) is 12.8 Å². The molecule has 0 aromatic carbocycles. The van der Waals surface area contributed by atoms with Crippen molar-refractivity contribution in [1.29, 1.82) is 0 Å². The normalized spacial score (nSPS) is 36.5. The summed E-state index contributed by atoms with van der Waals surface area (Å²) >= 11 is 0. The molecular formula is C14H25F. The lowest BCUT2D eigenvalue weighted by Gasteiger charge is -2.40. The van der Waals surface area contributed by atoms with Crippen LogP contribution >= 0.6 is 0 Å². The Balaban J connectivity index is 2.45. The fourth-order valence-electron chi connectivity index (χ4n) is 2.55. The second kappa shape index (κ2) is 5.14. The number of rotatable bonds is 5. The van der Waals surface area contributed by atoms with Crippen molar-refractivity contribution in [3.05, 3.63) is 12.7 Å². The van der Waals surface area contributed by atoms with Crippen molar-refractivity contribution in [2.75, 3.05) is 0 Å². The Hall–Kier alpha value is -0.330. The van der Waals surface area contributed by atoms with Gasteiger partial charge in [0.1, 0.15) is 5.67 Å². The molecule has 0 unspecified atom stereocenters. The lowest BCUT2D eigenvalue weighted by Crippen LogP contribution is -2.32. The fraction of sp³-hybridized carbons (Fsp3) is 0.857. The van der Waals surface area contributed by atoms with Gasteiger partial charge >= 0.3 is 0 Å². The molecule has 0 aromatic rings. The van der Waals surface area contributed by atoms with Crippen LogP contribution in [0.2, 0.25) is 0 Å². The quantitative estimate of drug-likeness (QED) is 0.442. The molecule has 1 aliphatic rings. The van der Waals surface area contributed by atoms with Gasteiger partial charge in [-0.1, -0.05) is 32.3 Å². The van der Waals surface area contributed by atoms with E-state index in [0.717, 1.165) is 12.8 Å². The van der Waals surface area contributed by atoms with Gasteiger partial charge in [0, 0.05) is 0 Å². The summed E-state index contributed by atoms with van der Waals surface area (Å²) in [5.41, 5.74) is -0.669. The smallest absolute Gasteiger partial charge is 0.108 e. The van der Waals surface area contributed by atoms with E-state index in [1.54, 1.807) is 6.92 Å². The summed E-state index contributed by atoms with van der Waals surface area (Å²) in [4.78, 5) is 0. The molecule has 0 bridgehead atoms. The lowest BCUT2D eigenvalue weighted by atomic mass is 9.67. The van der Waals surface area contributed by atoms with Crippen LogP contribution in [0.15, 0.2) is 12.7 Å². The van der Waals surface area contributed by atoms with Crippen molar-refractivity contribution in [2.24, 2.45) is 5.41 Å². The van der Waals surface area contributed by atoms with Gasteiger partial charge in [-0.3, -0.25) is 0 Å². The van der Waals surface area contributed by atoms with Crippen LogP contribution in [-0.4, -0.2) is 5.67 Å². The van der Waals surface area contributed by atoms with Crippen LogP contribution in [0.5, 0.6) is 0 Å². The summed E-state index contributed by atoms with van der Waals surface area (Å²) in [6.45, 7) is 7.92. The summed E-state index contributed by atoms with van der Waals surface area (Å²) in [6.07, 6.45) is 10.5. The zero-order valence-electron chi connectivity index (χ0n) is 10.3. The van der Waals surface area contributed by atoms with E-state index in [1.807, 2.05) is 0 Å². The molecule has 1 fully saturated rings. The summed E-state index contributed by atoms with van der Waals surface area (Å²) < 4.78 is 13.7. The lowest BCUT2D eigenvalue weighted by molar-refractivity contribution is 0.0703. The molecule has 0 heterocycles. The average molecular weight is 212 g/mol. The van der Waals surface area contributed by atoms with E-state index in [2.05, 4.69) is 19.6 Å². The Bertz CT molecular complexity index is 195. The maximum absolute atomic E-state index is 13.7. The molecule has 1 saturated carbocycles. The van der Waals surface area contributed by atoms with Crippen LogP contribution in [0, 0.1) is 5.41 Å². The van der Waals surface area contributed by atoms with Crippen molar-refractivity contribution < 1.29 is 4.39 Å². The van der Waals surface area contributed by atoms with Gasteiger partial charge in [0.15, 0.2) is 0 Å². The number of allylic oxidation sites excluding steroid dienone is 1. The minimum absolute atomic E-state index is 0.251. The number of hydrogen-bond acceptors (Lipinski definition) is 0. The highest BCUT2D eigenvalue weighted by atomic mass is 19.1. The summed E-state index contributed by atoms with van der Waals surface area (Å²) in [5, 5.41) is 0. The standard InChI is InChI=1S/C14H25F/c1-4-6-7-8-14(5-2)11-9-13(3,15)10-12-14/h5H,2,4,6-12H2,1,3H3. The summed E-state index contributed by atoms with van der Waals surface area (Å²) in [7, 11) is 0. The van der Waals surface area contributed by atoms with Gasteiger partial charge in [-0.15, -0.1) is 6.58 Å². The van der Waals surface area contributed by atoms with E-state index in [4.69, 9.17) is 0 Å². The molecule has 0 radical (unpaired) electrons. The maximum atomic E-state index is 13.7. The van der Waals surface area contributed by atoms with Gasteiger partial charge in [-0.2, -0.15) is 0 Å². The molecule has 0 amide bonds. The van der Waals surface area contributed by atoms with E-state index in [1.165, 1.54) is 25.7 Å². The van der Waals surface area contributed by atoms with Crippen LogP contribution in [0.3, 0.4) is 0 Å². The van der Waals surface area contributed by atoms with Crippen molar-refractivity contribution in [1.82, 2.24) is 0 Å². The van der Waals surface area contributed by atoms with Gasteiger partial charge < -0.3 is 0 Å². The Kier molecular flexibility index (Phi) is 4.36. The molecule has 0 nitrogen and oxygen atoms in total. The van der Waals surface area contributed by atoms with Crippen molar-refractivity contribution in [3.8, 4) is 0 Å². The van der Waals surface area contributed by atoms with Crippen molar-refractivity contribution in [2.45, 2.75) is 70.9 Å². The number of hydrogen-bond donors (Lipinski definition) is 0. The SMILES string of the molecule is C=CC1(CCCCC)CCC(C)(F)CC1. The molecule has 1 heteroatoms. The first-order chi connectivity index (χ1) is 7.04. The molecule has 0 atom stereocenters. The molecule has 1 aliphatic carbocycles. The topological polar surface area (TPSA) is 0 Å². The highest BCUT2D eigenvalue weighted by Crippen LogP contribution is 2.46. The average Bonchev–Trinajstić information content (AvgIpc) is 2.22. The Morgan fingerprint density at radius 1 is 1.20 bits per heavy atom. The highest BCUT2D eigenvalue weighted by molar-refractivity contribution is 5.00. The van der Waals surface area contributed by atoms with Crippen molar-refractivity contribution in [3.63, 3.8) is 0 Å². The third-order valence-corrected chi connectivity index (χ3v) is 4.00. The Morgan fingerprint density at radius 2 is 1.80 bits per heavy atom. The van der Waals surface area contributed by atoms with E-state index < -0.39 is 5.67 Å². The molecule has 0 aromatic heterocycles. The second-order valence-corrected chi connectivity index (χ2v) is 5.44. The second-order valence-electron chi connectivity index (χ2n) is 5.44. The Morgan fingerprint density at radius 3 is 2.27 bits per heavy atom. The molecular weight excluding hydrogens is 187 g/mol. The first-order valence-corrected chi connectivity index (χ1v) is 6.36. The van der Waals surface area contributed by atoms with Crippen LogP contribution in [-0.2, 0) is 0 Å². The molecule has 15 heavy (non-hydrogen) atoms. The highest BCUT2D eigenvalue weighted by Gasteiger charge is 2.37. The molecule has 0 aliphatic heterocycles. The fourth-order valence-corrected chi connectivity index (χ4v) is 2.55. The maximum Gasteiger partial charge on any atom is 0.108 e. The largest absolute Gasteiger partial charge is 0.244 e. The zero-order valence-corrected chi connectivity index (χ0v) is 10.3. The van der Waals surface area contributed by atoms with Crippen molar-refractivity contribution >= 4 is 0 Å². The summed E-state index contributed by atoms with van der Waals surface area (Å²) in [5.74, 6) is 0. The van der Waals surface area contributed by atoms with Crippen LogP contribution in [0.4, 0.5) is 4.39 Å². The van der Waals surface area contributed by atoms with E-state index in [-0.39, 0.29) is 5.41 Å². The summed E-state index contributed by atoms with van der Waals surface area (Å²) in [6, 6.07) is 0. The Labute approximate surface area is 94.0 Å². The molecule has 0 saturated heterocycles. The van der Waals surface area contributed by atoms with Gasteiger partial charge in [-0.25, -0.2) is 4.39 Å². The number of halogens is 1. The third kappa shape index (κ3) is 3.62. The molecule has 1 rings (SSSR count). The zero-order chi connectivity index (χ0) is 11.4. The molecule has 0 N–H and O–H groups in total. The van der Waals surface area contributed by atoms with Crippen LogP contribution in [0.1, 0.15) is 65.2 Å². The number of alkyl halides is 1. The number of unbranched alkanes of at least 4 members (excludes halogenated alkanes) is 2. The molecule has 0 spiro atoms. The van der Waals surface area contributed by atoms with E-state index >= 15 is 0 Å². The first-order valence-electron chi connectivity index (χ1n) is 6.36. The van der Waals surface area contributed by atoms with Crippen LogP contribution < -0.4 is 0 Å². The minimum Gasteiger partial charge on any atom is -0.244 e. The van der Waals surface area contributed by atoms with Crippen LogP contribution in [0.25, 0.3) is 0 Å². The minimum atomic E-state index is -0.919. The predicted octanol–water partition coefficient (Wildman–Crippen LogP) is 5.04.